The minimum absolute atomic E-state index is 1.15. The van der Waals surface area contributed by atoms with Crippen LogP contribution in [-0.2, 0) is 0 Å². The SMILES string of the molecule is BrC1=C(Br)CCCCCCC=CC=C1. The van der Waals surface area contributed by atoms with E-state index in [2.05, 4.69) is 56.2 Å². The zero-order valence-corrected chi connectivity index (χ0v) is 11.5. The third-order valence-corrected chi connectivity index (χ3v) is 4.36. The molecule has 78 valence electrons. The third kappa shape index (κ3) is 5.16. The minimum Gasteiger partial charge on any atom is -0.0845 e. The summed E-state index contributed by atoms with van der Waals surface area (Å²) in [6.45, 7) is 0. The van der Waals surface area contributed by atoms with Crippen LogP contribution in [0.25, 0.3) is 0 Å². The second-order valence-electron chi connectivity index (χ2n) is 3.49. The maximum Gasteiger partial charge on any atom is 0.0276 e. The van der Waals surface area contributed by atoms with Gasteiger partial charge in [-0.15, -0.1) is 0 Å². The maximum atomic E-state index is 3.60. The summed E-state index contributed by atoms with van der Waals surface area (Å²) in [4.78, 5) is 0. The van der Waals surface area contributed by atoms with E-state index < -0.39 is 0 Å². The summed E-state index contributed by atoms with van der Waals surface area (Å²) in [5.41, 5.74) is 0. The molecular weight excluding hydrogens is 304 g/mol. The third-order valence-electron chi connectivity index (χ3n) is 2.27. The van der Waals surface area contributed by atoms with Gasteiger partial charge < -0.3 is 0 Å². The lowest BCUT2D eigenvalue weighted by Crippen LogP contribution is -1.81. The molecule has 0 atom stereocenters. The van der Waals surface area contributed by atoms with Crippen molar-refractivity contribution in [2.45, 2.75) is 38.5 Å². The van der Waals surface area contributed by atoms with Crippen molar-refractivity contribution in [3.05, 3.63) is 33.3 Å². The molecule has 14 heavy (non-hydrogen) atoms. The molecule has 0 saturated carbocycles. The molecule has 0 spiro atoms. The Balaban J connectivity index is 2.61. The second-order valence-corrected chi connectivity index (χ2v) is 5.30. The van der Waals surface area contributed by atoms with Crippen LogP contribution in [0.1, 0.15) is 38.5 Å². The zero-order chi connectivity index (χ0) is 10.2. The fraction of sp³-hybridized carbons (Fsp3) is 0.500. The Hall–Kier alpha value is 0.180. The van der Waals surface area contributed by atoms with Gasteiger partial charge in [-0.1, -0.05) is 47.0 Å². The van der Waals surface area contributed by atoms with E-state index >= 15 is 0 Å². The molecular formula is C12H16Br2. The first-order valence-electron chi connectivity index (χ1n) is 5.18. The highest BCUT2D eigenvalue weighted by Crippen LogP contribution is 2.25. The van der Waals surface area contributed by atoms with Crippen molar-refractivity contribution in [2.24, 2.45) is 0 Å². The molecule has 0 aromatic rings. The van der Waals surface area contributed by atoms with Crippen molar-refractivity contribution in [1.82, 2.24) is 0 Å². The molecule has 0 saturated heterocycles. The van der Waals surface area contributed by atoms with Crippen molar-refractivity contribution in [2.75, 3.05) is 0 Å². The van der Waals surface area contributed by atoms with Gasteiger partial charge in [0.1, 0.15) is 0 Å². The maximum absolute atomic E-state index is 3.60. The summed E-state index contributed by atoms with van der Waals surface area (Å²) in [6.07, 6.45) is 16.2. The number of hydrogen-bond acceptors (Lipinski definition) is 0. The first kappa shape index (κ1) is 12.3. The monoisotopic (exact) mass is 318 g/mol. The van der Waals surface area contributed by atoms with E-state index in [9.17, 15) is 0 Å². The van der Waals surface area contributed by atoms with Gasteiger partial charge in [0.2, 0.25) is 0 Å². The highest BCUT2D eigenvalue weighted by Gasteiger charge is 1.98. The fourth-order valence-corrected chi connectivity index (χ4v) is 2.18. The van der Waals surface area contributed by atoms with E-state index in [0.717, 1.165) is 6.42 Å². The van der Waals surface area contributed by atoms with E-state index in [1.54, 1.807) is 0 Å². The van der Waals surface area contributed by atoms with E-state index in [-0.39, 0.29) is 0 Å². The number of rotatable bonds is 0. The van der Waals surface area contributed by atoms with Gasteiger partial charge in [0.05, 0.1) is 0 Å². The first-order chi connectivity index (χ1) is 6.80. The Kier molecular flexibility index (Phi) is 6.54. The molecule has 0 bridgehead atoms. The Bertz CT molecular complexity index is 249. The lowest BCUT2D eigenvalue weighted by atomic mass is 10.1. The van der Waals surface area contributed by atoms with E-state index in [1.165, 1.54) is 41.1 Å². The lowest BCUT2D eigenvalue weighted by Gasteiger charge is -2.02. The van der Waals surface area contributed by atoms with Crippen LogP contribution in [0.3, 0.4) is 0 Å². The Morgan fingerprint density at radius 2 is 1.71 bits per heavy atom. The van der Waals surface area contributed by atoms with Crippen molar-refractivity contribution < 1.29 is 0 Å². The quantitative estimate of drug-likeness (QED) is 0.556. The molecule has 0 nitrogen and oxygen atoms in total. The highest BCUT2D eigenvalue weighted by atomic mass is 79.9. The van der Waals surface area contributed by atoms with Crippen molar-refractivity contribution in [3.63, 3.8) is 0 Å². The summed E-state index contributed by atoms with van der Waals surface area (Å²) in [7, 11) is 0. The van der Waals surface area contributed by atoms with Crippen LogP contribution in [0.15, 0.2) is 33.3 Å². The van der Waals surface area contributed by atoms with Crippen LogP contribution in [0, 0.1) is 0 Å². The first-order valence-corrected chi connectivity index (χ1v) is 6.76. The summed E-state index contributed by atoms with van der Waals surface area (Å²) in [6, 6.07) is 0. The average Bonchev–Trinajstić information content (AvgIpc) is 2.18. The van der Waals surface area contributed by atoms with Crippen LogP contribution in [0.4, 0.5) is 0 Å². The van der Waals surface area contributed by atoms with Crippen LogP contribution in [0.2, 0.25) is 0 Å². The van der Waals surface area contributed by atoms with E-state index in [0.29, 0.717) is 0 Å². The van der Waals surface area contributed by atoms with Crippen LogP contribution >= 0.6 is 31.9 Å². The Morgan fingerprint density at radius 1 is 0.929 bits per heavy atom. The summed E-state index contributed by atoms with van der Waals surface area (Å²) >= 11 is 7.16. The van der Waals surface area contributed by atoms with Gasteiger partial charge >= 0.3 is 0 Å². The van der Waals surface area contributed by atoms with Crippen molar-refractivity contribution >= 4 is 31.9 Å². The Morgan fingerprint density at radius 3 is 2.57 bits per heavy atom. The molecule has 2 heteroatoms. The average molecular weight is 320 g/mol. The molecule has 1 aliphatic carbocycles. The van der Waals surface area contributed by atoms with Crippen LogP contribution in [0.5, 0.6) is 0 Å². The highest BCUT2D eigenvalue weighted by molar-refractivity contribution is 9.14. The van der Waals surface area contributed by atoms with Crippen molar-refractivity contribution in [3.8, 4) is 0 Å². The molecule has 0 radical (unpaired) electrons. The van der Waals surface area contributed by atoms with E-state index in [1.807, 2.05) is 0 Å². The zero-order valence-electron chi connectivity index (χ0n) is 8.31. The summed E-state index contributed by atoms with van der Waals surface area (Å²) < 4.78 is 2.45. The molecule has 0 unspecified atom stereocenters. The number of allylic oxidation sites excluding steroid dienone is 6. The number of halogens is 2. The van der Waals surface area contributed by atoms with Gasteiger partial charge in [0.25, 0.3) is 0 Å². The molecule has 0 N–H and O–H groups in total. The van der Waals surface area contributed by atoms with Gasteiger partial charge in [-0.05, 0) is 47.7 Å². The summed E-state index contributed by atoms with van der Waals surface area (Å²) in [5.74, 6) is 0. The molecule has 0 fully saturated rings. The van der Waals surface area contributed by atoms with E-state index in [4.69, 9.17) is 0 Å². The minimum atomic E-state index is 1.15. The molecule has 1 aliphatic rings. The standard InChI is InChI=1S/C12H16Br2/c13-11-9-7-5-3-1-2-4-6-8-10-12(11)14/h3,5,7,9H,1-2,4,6,8,10H2. The summed E-state index contributed by atoms with van der Waals surface area (Å²) in [5, 5.41) is 0. The topological polar surface area (TPSA) is 0 Å². The molecule has 1 rings (SSSR count). The van der Waals surface area contributed by atoms with Crippen LogP contribution in [-0.4, -0.2) is 0 Å². The Labute approximate surface area is 103 Å². The van der Waals surface area contributed by atoms with Crippen molar-refractivity contribution in [1.29, 1.82) is 0 Å². The van der Waals surface area contributed by atoms with Gasteiger partial charge in [0.15, 0.2) is 0 Å². The lowest BCUT2D eigenvalue weighted by molar-refractivity contribution is 0.650. The van der Waals surface area contributed by atoms with Gasteiger partial charge in [-0.2, -0.15) is 0 Å². The van der Waals surface area contributed by atoms with Gasteiger partial charge in [0, 0.05) is 8.96 Å². The smallest absolute Gasteiger partial charge is 0.0276 e. The van der Waals surface area contributed by atoms with Crippen LogP contribution < -0.4 is 0 Å². The fourth-order valence-electron chi connectivity index (χ4n) is 1.42. The second kappa shape index (κ2) is 7.47. The predicted molar refractivity (Wildman–Crippen MR) is 70.9 cm³/mol. The predicted octanol–water partition coefficient (Wildman–Crippen LogP) is 5.45. The number of hydrogen-bond donors (Lipinski definition) is 0. The molecule has 0 aliphatic heterocycles. The molecule has 0 aromatic heterocycles. The molecule has 0 aromatic carbocycles. The normalized spacial score (nSPS) is 20.4. The van der Waals surface area contributed by atoms with Gasteiger partial charge in [-0.3, -0.25) is 0 Å². The van der Waals surface area contributed by atoms with Gasteiger partial charge in [-0.25, -0.2) is 0 Å². The largest absolute Gasteiger partial charge is 0.0845 e. The molecule has 0 amide bonds. The molecule has 0 heterocycles.